The second-order valence-electron chi connectivity index (χ2n) is 8.28. The van der Waals surface area contributed by atoms with Crippen LogP contribution in [0.1, 0.15) is 12.6 Å². The molecule has 3 N–H and O–H groups in total. The molecule has 0 aliphatic rings. The third-order valence-corrected chi connectivity index (χ3v) is 5.55. The van der Waals surface area contributed by atoms with Gasteiger partial charge in [-0.15, -0.1) is 0 Å². The van der Waals surface area contributed by atoms with Crippen LogP contribution in [0.15, 0.2) is 78.2 Å². The van der Waals surface area contributed by atoms with Crippen LogP contribution in [0.3, 0.4) is 0 Å². The van der Waals surface area contributed by atoms with E-state index >= 15 is 0 Å². The van der Waals surface area contributed by atoms with Gasteiger partial charge in [0.1, 0.15) is 22.9 Å². The number of anilines is 2. The van der Waals surface area contributed by atoms with Gasteiger partial charge in [-0.25, -0.2) is 23.6 Å². The molecule has 3 aromatic heterocycles. The zero-order valence-electron chi connectivity index (χ0n) is 19.9. The summed E-state index contributed by atoms with van der Waals surface area (Å²) in [6.45, 7) is 5.70. The van der Waals surface area contributed by atoms with Crippen LogP contribution in [0, 0.1) is 5.82 Å². The summed E-state index contributed by atoms with van der Waals surface area (Å²) in [6.07, 6.45) is 1.55. The molecule has 2 aromatic carbocycles. The number of benzene rings is 2. The average molecular weight is 500 g/mol. The van der Waals surface area contributed by atoms with Crippen LogP contribution >= 0.6 is 0 Å². The van der Waals surface area contributed by atoms with Gasteiger partial charge in [0.05, 0.1) is 11.4 Å². The summed E-state index contributed by atoms with van der Waals surface area (Å²) < 4.78 is 22.3. The molecule has 0 bridgehead atoms. The summed E-state index contributed by atoms with van der Waals surface area (Å²) in [7, 11) is 1.63. The van der Waals surface area contributed by atoms with Gasteiger partial charge in [-0.2, -0.15) is 5.10 Å². The number of ether oxygens (including phenoxy) is 1. The largest absolute Gasteiger partial charge is 0.455 e. The van der Waals surface area contributed by atoms with Crippen molar-refractivity contribution in [2.45, 2.75) is 6.92 Å². The minimum Gasteiger partial charge on any atom is -0.455 e. The number of aromatic amines is 1. The van der Waals surface area contributed by atoms with Crippen LogP contribution in [0.2, 0.25) is 0 Å². The summed E-state index contributed by atoms with van der Waals surface area (Å²) in [6, 6.07) is 15.4. The Morgan fingerprint density at radius 1 is 1.08 bits per heavy atom. The number of amides is 2. The van der Waals surface area contributed by atoms with Crippen molar-refractivity contribution in [1.82, 2.24) is 24.3 Å². The molecule has 3 heterocycles. The Morgan fingerprint density at radius 2 is 1.81 bits per heavy atom. The van der Waals surface area contributed by atoms with Crippen molar-refractivity contribution in [3.8, 4) is 17.2 Å². The molecule has 5 aromatic rings. The first-order chi connectivity index (χ1) is 17.8. The van der Waals surface area contributed by atoms with Crippen molar-refractivity contribution in [2.75, 3.05) is 10.6 Å². The number of aromatic nitrogens is 5. The van der Waals surface area contributed by atoms with Crippen molar-refractivity contribution in [2.24, 2.45) is 7.05 Å². The number of carbonyl (C=O) groups excluding carboxylic acids is 1. The first-order valence-electron chi connectivity index (χ1n) is 11.2. The Morgan fingerprint density at radius 3 is 2.51 bits per heavy atom. The Bertz CT molecular complexity index is 1680. The molecule has 0 radical (unpaired) electrons. The van der Waals surface area contributed by atoms with Gasteiger partial charge < -0.3 is 10.1 Å². The van der Waals surface area contributed by atoms with E-state index in [0.717, 1.165) is 0 Å². The van der Waals surface area contributed by atoms with Crippen LogP contribution in [0.5, 0.6) is 11.5 Å². The van der Waals surface area contributed by atoms with Gasteiger partial charge in [-0.3, -0.25) is 14.9 Å². The fourth-order valence-corrected chi connectivity index (χ4v) is 3.69. The van der Waals surface area contributed by atoms with E-state index < -0.39 is 6.03 Å². The Hall–Kier alpha value is -5.19. The molecule has 5 rings (SSSR count). The second-order valence-corrected chi connectivity index (χ2v) is 8.28. The zero-order valence-corrected chi connectivity index (χ0v) is 19.9. The molecule has 0 saturated carbocycles. The van der Waals surface area contributed by atoms with Gasteiger partial charge in [0.15, 0.2) is 11.4 Å². The van der Waals surface area contributed by atoms with E-state index in [2.05, 4.69) is 32.3 Å². The highest BCUT2D eigenvalue weighted by atomic mass is 19.1. The fourth-order valence-electron chi connectivity index (χ4n) is 3.69. The van der Waals surface area contributed by atoms with Crippen molar-refractivity contribution in [3.63, 3.8) is 0 Å². The molecule has 0 spiro atoms. The van der Waals surface area contributed by atoms with Crippen molar-refractivity contribution in [1.29, 1.82) is 0 Å². The van der Waals surface area contributed by atoms with Gasteiger partial charge >= 0.3 is 11.7 Å². The predicted octanol–water partition coefficient (Wildman–Crippen LogP) is 5.06. The standard InChI is InChI=1S/C26H22FN7O3/c1-15(2)20-14-22(34(32-20)18-8-4-16(27)5-9-18)30-25(35)29-17-6-10-19(11-7-17)37-21-12-13-28-24-23(21)33(3)26(36)31-24/h4-14H,1H2,2-3H3,(H,28,31,36)(H2,29,30,35). The highest BCUT2D eigenvalue weighted by molar-refractivity contribution is 5.99. The van der Waals surface area contributed by atoms with Crippen molar-refractivity contribution in [3.05, 3.63) is 95.4 Å². The molecule has 0 fully saturated rings. The van der Waals surface area contributed by atoms with Crippen LogP contribution in [0.4, 0.5) is 20.7 Å². The maximum Gasteiger partial charge on any atom is 0.327 e. The average Bonchev–Trinajstić information content (AvgIpc) is 3.42. The topological polar surface area (TPSA) is 119 Å². The number of urea groups is 1. The van der Waals surface area contributed by atoms with E-state index in [9.17, 15) is 14.0 Å². The van der Waals surface area contributed by atoms with Gasteiger partial charge in [0.25, 0.3) is 0 Å². The third-order valence-electron chi connectivity index (χ3n) is 5.55. The van der Waals surface area contributed by atoms with Gasteiger partial charge in [-0.05, 0) is 61.0 Å². The lowest BCUT2D eigenvalue weighted by atomic mass is 10.2. The number of allylic oxidation sites excluding steroid dienone is 1. The molecule has 2 amide bonds. The lowest BCUT2D eigenvalue weighted by Crippen LogP contribution is -2.21. The number of fused-ring (bicyclic) bond motifs is 1. The number of imidazole rings is 1. The van der Waals surface area contributed by atoms with Crippen LogP contribution < -0.4 is 21.1 Å². The van der Waals surface area contributed by atoms with Gasteiger partial charge in [0, 0.05) is 31.1 Å². The van der Waals surface area contributed by atoms with E-state index in [4.69, 9.17) is 4.74 Å². The maximum atomic E-state index is 13.4. The number of H-pyrrole nitrogens is 1. The number of aryl methyl sites for hydroxylation is 1. The second kappa shape index (κ2) is 9.46. The molecule has 0 aliphatic heterocycles. The van der Waals surface area contributed by atoms with Gasteiger partial charge in [0.2, 0.25) is 0 Å². The SMILES string of the molecule is C=C(C)c1cc(NC(=O)Nc2ccc(Oc3ccnc4[nH]c(=O)n(C)c34)cc2)n(-c2ccc(F)cc2)n1. The Labute approximate surface area is 210 Å². The fraction of sp³-hybridized carbons (Fsp3) is 0.0769. The third kappa shape index (κ3) is 4.82. The molecule has 0 aliphatic carbocycles. The molecule has 0 atom stereocenters. The number of hydrogen-bond donors (Lipinski definition) is 3. The number of rotatable bonds is 6. The normalized spacial score (nSPS) is 10.9. The first-order valence-corrected chi connectivity index (χ1v) is 11.2. The van der Waals surface area contributed by atoms with E-state index in [1.54, 1.807) is 68.7 Å². The van der Waals surface area contributed by atoms with Crippen molar-refractivity contribution >= 4 is 34.3 Å². The number of hydrogen-bond acceptors (Lipinski definition) is 5. The summed E-state index contributed by atoms with van der Waals surface area (Å²) in [4.78, 5) is 31.5. The summed E-state index contributed by atoms with van der Waals surface area (Å²) in [5, 5.41) is 9.99. The van der Waals surface area contributed by atoms with Crippen LogP contribution in [0.25, 0.3) is 22.4 Å². The minimum atomic E-state index is -0.497. The predicted molar refractivity (Wildman–Crippen MR) is 139 cm³/mol. The summed E-state index contributed by atoms with van der Waals surface area (Å²) in [5.74, 6) is 0.987. The van der Waals surface area contributed by atoms with E-state index in [0.29, 0.717) is 51.1 Å². The highest BCUT2D eigenvalue weighted by Crippen LogP contribution is 2.28. The molecular formula is C26H22FN7O3. The van der Waals surface area contributed by atoms with Crippen LogP contribution in [-0.4, -0.2) is 30.3 Å². The number of carbonyl (C=O) groups is 1. The molecule has 0 saturated heterocycles. The highest BCUT2D eigenvalue weighted by Gasteiger charge is 2.14. The number of pyridine rings is 1. The lowest BCUT2D eigenvalue weighted by molar-refractivity contribution is 0.262. The Balaban J connectivity index is 1.31. The van der Waals surface area contributed by atoms with E-state index in [-0.39, 0.29) is 11.5 Å². The number of halogens is 1. The minimum absolute atomic E-state index is 0.291. The number of nitrogens with zero attached hydrogens (tertiary/aromatic N) is 4. The molecular weight excluding hydrogens is 477 g/mol. The quantitative estimate of drug-likeness (QED) is 0.302. The van der Waals surface area contributed by atoms with E-state index in [1.807, 2.05) is 0 Å². The lowest BCUT2D eigenvalue weighted by Gasteiger charge is -2.11. The molecule has 186 valence electrons. The molecule has 10 nitrogen and oxygen atoms in total. The van der Waals surface area contributed by atoms with E-state index in [1.165, 1.54) is 21.4 Å². The summed E-state index contributed by atoms with van der Waals surface area (Å²) >= 11 is 0. The Kier molecular flexibility index (Phi) is 6.02. The maximum absolute atomic E-state index is 13.4. The summed E-state index contributed by atoms with van der Waals surface area (Å²) in [5.41, 5.74) is 3.08. The number of nitrogens with one attached hydrogen (secondary N) is 3. The zero-order chi connectivity index (χ0) is 26.1. The molecule has 37 heavy (non-hydrogen) atoms. The molecule has 0 unspecified atom stereocenters. The first kappa shape index (κ1) is 23.5. The van der Waals surface area contributed by atoms with Crippen molar-refractivity contribution < 1.29 is 13.9 Å². The van der Waals surface area contributed by atoms with Crippen LogP contribution in [-0.2, 0) is 7.05 Å². The molecule has 11 heteroatoms. The van der Waals surface area contributed by atoms with Gasteiger partial charge in [-0.1, -0.05) is 6.58 Å². The smallest absolute Gasteiger partial charge is 0.327 e. The monoisotopic (exact) mass is 499 g/mol.